The monoisotopic (exact) mass is 536 g/mol. The largest absolute Gasteiger partial charge is 0.309 e. The van der Waals surface area contributed by atoms with Crippen LogP contribution in [-0.2, 0) is 18.4 Å². The number of aromatic nitrogens is 1. The molecule has 2 heterocycles. The smallest absolute Gasteiger partial charge is 0.0819 e. The Labute approximate surface area is 244 Å². The molecular formula is C40H28N2. The SMILES string of the molecule is c1ccc(C2(c3cccc(-n4c5ccccc5c5c6c(c7c(c54)-c4ccccc4C7)Cc4ccccc4-6)c3)CN2)cc1. The van der Waals surface area contributed by atoms with Crippen molar-refractivity contribution in [2.24, 2.45) is 0 Å². The number of hydrogen-bond donors (Lipinski definition) is 1. The summed E-state index contributed by atoms with van der Waals surface area (Å²) in [5.41, 5.74) is 18.0. The topological polar surface area (TPSA) is 26.9 Å². The Bertz CT molecular complexity index is 2250. The second-order valence-electron chi connectivity index (χ2n) is 12.1. The fourth-order valence-corrected chi connectivity index (χ4v) is 8.09. The molecule has 1 atom stereocenters. The lowest BCUT2D eigenvalue weighted by Crippen LogP contribution is -2.15. The van der Waals surface area contributed by atoms with Gasteiger partial charge in [-0.2, -0.15) is 0 Å². The Morgan fingerprint density at radius 2 is 1.19 bits per heavy atom. The highest BCUT2D eigenvalue weighted by Gasteiger charge is 2.45. The van der Waals surface area contributed by atoms with Gasteiger partial charge in [-0.1, -0.05) is 109 Å². The van der Waals surface area contributed by atoms with Crippen LogP contribution in [0.25, 0.3) is 49.7 Å². The van der Waals surface area contributed by atoms with Gasteiger partial charge in [0, 0.05) is 28.6 Å². The molecule has 0 spiro atoms. The first kappa shape index (κ1) is 22.7. The standard InChI is InChI=1S/C40H28N2/c1-2-13-27(14-3-1)40(24-41-40)28-15-10-16-29(23-28)42-35-20-9-8-19-32(35)38-36-30-17-6-4-11-25(30)21-33(36)34-22-26-12-5-7-18-31(26)37(34)39(38)42/h1-20,23,41H,21-22,24H2. The van der Waals surface area contributed by atoms with Crippen molar-refractivity contribution in [2.75, 3.05) is 6.54 Å². The molecule has 1 aliphatic heterocycles. The van der Waals surface area contributed by atoms with E-state index in [1.54, 1.807) is 0 Å². The lowest BCUT2D eigenvalue weighted by atomic mass is 9.90. The van der Waals surface area contributed by atoms with E-state index in [9.17, 15) is 0 Å². The Hall–Kier alpha value is -4.92. The van der Waals surface area contributed by atoms with Crippen molar-refractivity contribution in [1.29, 1.82) is 0 Å². The summed E-state index contributed by atoms with van der Waals surface area (Å²) in [5.74, 6) is 0. The van der Waals surface area contributed by atoms with Gasteiger partial charge in [0.2, 0.25) is 0 Å². The van der Waals surface area contributed by atoms with E-state index >= 15 is 0 Å². The molecule has 3 aliphatic rings. The molecule has 198 valence electrons. The lowest BCUT2D eigenvalue weighted by Gasteiger charge is -2.18. The van der Waals surface area contributed by atoms with E-state index in [1.165, 1.54) is 83.1 Å². The molecule has 10 rings (SSSR count). The Morgan fingerprint density at radius 1 is 0.571 bits per heavy atom. The molecule has 1 unspecified atom stereocenters. The van der Waals surface area contributed by atoms with E-state index in [0.717, 1.165) is 19.4 Å². The molecule has 2 heteroatoms. The van der Waals surface area contributed by atoms with Crippen molar-refractivity contribution < 1.29 is 0 Å². The maximum atomic E-state index is 3.72. The van der Waals surface area contributed by atoms with Gasteiger partial charge in [-0.25, -0.2) is 0 Å². The lowest BCUT2D eigenvalue weighted by molar-refractivity contribution is 0.819. The molecule has 2 aliphatic carbocycles. The first-order chi connectivity index (χ1) is 20.8. The molecular weight excluding hydrogens is 508 g/mol. The van der Waals surface area contributed by atoms with E-state index in [-0.39, 0.29) is 5.54 Å². The van der Waals surface area contributed by atoms with Crippen molar-refractivity contribution in [1.82, 2.24) is 9.88 Å². The summed E-state index contributed by atoms with van der Waals surface area (Å²) >= 11 is 0. The van der Waals surface area contributed by atoms with Crippen molar-refractivity contribution in [2.45, 2.75) is 18.4 Å². The van der Waals surface area contributed by atoms with Gasteiger partial charge in [-0.05, 0) is 81.1 Å². The van der Waals surface area contributed by atoms with Gasteiger partial charge in [-0.15, -0.1) is 0 Å². The van der Waals surface area contributed by atoms with Crippen LogP contribution in [0.15, 0.2) is 127 Å². The van der Waals surface area contributed by atoms with Gasteiger partial charge < -0.3 is 9.88 Å². The van der Waals surface area contributed by atoms with Crippen molar-refractivity contribution >= 4 is 21.8 Å². The summed E-state index contributed by atoms with van der Waals surface area (Å²) < 4.78 is 2.57. The average molecular weight is 537 g/mol. The van der Waals surface area contributed by atoms with Crippen LogP contribution in [-0.4, -0.2) is 11.1 Å². The minimum atomic E-state index is -0.120. The molecule has 0 amide bonds. The van der Waals surface area contributed by atoms with Gasteiger partial charge in [-0.3, -0.25) is 0 Å². The van der Waals surface area contributed by atoms with E-state index in [2.05, 4.69) is 137 Å². The van der Waals surface area contributed by atoms with Crippen LogP contribution < -0.4 is 5.32 Å². The van der Waals surface area contributed by atoms with Crippen molar-refractivity contribution in [3.8, 4) is 27.9 Å². The third kappa shape index (κ3) is 2.87. The molecule has 1 saturated heterocycles. The molecule has 1 N–H and O–H groups in total. The highest BCUT2D eigenvalue weighted by atomic mass is 15.2. The van der Waals surface area contributed by atoms with Crippen LogP contribution in [0, 0.1) is 0 Å². The zero-order valence-electron chi connectivity index (χ0n) is 23.2. The molecule has 0 bridgehead atoms. The van der Waals surface area contributed by atoms with E-state index in [4.69, 9.17) is 0 Å². The number of fused-ring (bicyclic) bond motifs is 12. The van der Waals surface area contributed by atoms with Crippen molar-refractivity contribution in [3.05, 3.63) is 161 Å². The minimum absolute atomic E-state index is 0.120. The molecule has 1 fully saturated rings. The molecule has 7 aromatic rings. The van der Waals surface area contributed by atoms with Crippen molar-refractivity contribution in [3.63, 3.8) is 0 Å². The number of para-hydroxylation sites is 1. The normalized spacial score (nSPS) is 17.7. The number of nitrogens with one attached hydrogen (secondary N) is 1. The summed E-state index contributed by atoms with van der Waals surface area (Å²) in [6, 6.07) is 47.3. The zero-order chi connectivity index (χ0) is 27.4. The van der Waals surface area contributed by atoms with E-state index < -0.39 is 0 Å². The highest BCUT2D eigenvalue weighted by molar-refractivity contribution is 6.22. The third-order valence-electron chi connectivity index (χ3n) is 10.0. The number of hydrogen-bond acceptors (Lipinski definition) is 1. The Balaban J connectivity index is 1.34. The fraction of sp³-hybridized carbons (Fsp3) is 0.100. The summed E-state index contributed by atoms with van der Waals surface area (Å²) in [6.45, 7) is 0.959. The minimum Gasteiger partial charge on any atom is -0.309 e. The first-order valence-electron chi connectivity index (χ1n) is 15.0. The first-order valence-corrected chi connectivity index (χ1v) is 15.0. The van der Waals surface area contributed by atoms with Gasteiger partial charge in [0.15, 0.2) is 0 Å². The molecule has 6 aromatic carbocycles. The van der Waals surface area contributed by atoms with Crippen LogP contribution in [0.2, 0.25) is 0 Å². The van der Waals surface area contributed by atoms with Gasteiger partial charge in [0.1, 0.15) is 0 Å². The second kappa shape index (κ2) is 8.09. The molecule has 1 aromatic heterocycles. The van der Waals surface area contributed by atoms with Crippen LogP contribution in [0.3, 0.4) is 0 Å². The maximum absolute atomic E-state index is 3.72. The van der Waals surface area contributed by atoms with Gasteiger partial charge >= 0.3 is 0 Å². The van der Waals surface area contributed by atoms with Crippen LogP contribution in [0.1, 0.15) is 33.4 Å². The second-order valence-corrected chi connectivity index (χ2v) is 12.1. The van der Waals surface area contributed by atoms with Crippen LogP contribution in [0.4, 0.5) is 0 Å². The summed E-state index contributed by atoms with van der Waals surface area (Å²) in [7, 11) is 0. The molecule has 0 saturated carbocycles. The molecule has 2 nitrogen and oxygen atoms in total. The fourth-order valence-electron chi connectivity index (χ4n) is 8.09. The third-order valence-corrected chi connectivity index (χ3v) is 10.0. The molecule has 0 radical (unpaired) electrons. The highest BCUT2D eigenvalue weighted by Crippen LogP contribution is 2.54. The van der Waals surface area contributed by atoms with Crippen LogP contribution >= 0.6 is 0 Å². The predicted molar refractivity (Wildman–Crippen MR) is 172 cm³/mol. The number of benzene rings is 6. The van der Waals surface area contributed by atoms with Crippen LogP contribution in [0.5, 0.6) is 0 Å². The summed E-state index contributed by atoms with van der Waals surface area (Å²) in [4.78, 5) is 0. The Kier molecular flexibility index (Phi) is 4.38. The zero-order valence-corrected chi connectivity index (χ0v) is 23.2. The molecule has 42 heavy (non-hydrogen) atoms. The number of rotatable bonds is 3. The summed E-state index contributed by atoms with van der Waals surface area (Å²) in [5, 5.41) is 6.45. The summed E-state index contributed by atoms with van der Waals surface area (Å²) in [6.07, 6.45) is 2.01. The van der Waals surface area contributed by atoms with E-state index in [0.29, 0.717) is 0 Å². The number of nitrogens with zero attached hydrogens (tertiary/aromatic N) is 1. The Morgan fingerprint density at radius 3 is 1.95 bits per heavy atom. The van der Waals surface area contributed by atoms with E-state index in [1.807, 2.05) is 0 Å². The maximum Gasteiger partial charge on any atom is 0.0819 e. The van der Waals surface area contributed by atoms with Gasteiger partial charge in [0.05, 0.1) is 16.6 Å². The van der Waals surface area contributed by atoms with Gasteiger partial charge in [0.25, 0.3) is 0 Å². The average Bonchev–Trinajstić information content (AvgIpc) is 3.48. The predicted octanol–water partition coefficient (Wildman–Crippen LogP) is 8.77. The quantitative estimate of drug-likeness (QED) is 0.225.